The first kappa shape index (κ1) is 18.6. The van der Waals surface area contributed by atoms with Crippen LogP contribution in [0, 0.1) is 11.8 Å². The lowest BCUT2D eigenvalue weighted by Gasteiger charge is -2.14. The van der Waals surface area contributed by atoms with Crippen molar-refractivity contribution in [2.24, 2.45) is 11.8 Å². The number of carbonyl (C=O) groups is 2. The fourth-order valence-electron chi connectivity index (χ4n) is 4.17. The zero-order valence-corrected chi connectivity index (χ0v) is 16.9. The largest absolute Gasteiger partial charge is 0.356 e. The summed E-state index contributed by atoms with van der Waals surface area (Å²) in [5.41, 5.74) is 5.15. The van der Waals surface area contributed by atoms with Gasteiger partial charge in [0.05, 0.1) is 16.9 Å². The zero-order valence-electron chi connectivity index (χ0n) is 16.9. The molecule has 5 rings (SSSR count). The van der Waals surface area contributed by atoms with Gasteiger partial charge in [0, 0.05) is 39.8 Å². The van der Waals surface area contributed by atoms with Crippen LogP contribution in [0.25, 0.3) is 11.3 Å². The first-order valence-corrected chi connectivity index (χ1v) is 10.5. The van der Waals surface area contributed by atoms with Gasteiger partial charge >= 0.3 is 0 Å². The minimum absolute atomic E-state index is 0. The van der Waals surface area contributed by atoms with Crippen LogP contribution in [0.4, 0.5) is 17.2 Å². The molecular weight excluding hydrogens is 376 g/mol. The summed E-state index contributed by atoms with van der Waals surface area (Å²) < 4.78 is 0. The number of pyridine rings is 1. The van der Waals surface area contributed by atoms with Crippen LogP contribution < -0.4 is 10.6 Å². The average Bonchev–Trinajstić information content (AvgIpc) is 3.37. The van der Waals surface area contributed by atoms with Crippen LogP contribution in [0.15, 0.2) is 48.7 Å². The molecule has 1 fully saturated rings. The maximum atomic E-state index is 12.7. The first-order chi connectivity index (χ1) is 14.6. The Bertz CT molecular complexity index is 1130. The predicted molar refractivity (Wildman–Crippen MR) is 123 cm³/mol. The van der Waals surface area contributed by atoms with E-state index in [1.165, 1.54) is 0 Å². The number of nitrogens with zero attached hydrogens (tertiary/aromatic N) is 1. The number of H-pyrrole nitrogens is 1. The van der Waals surface area contributed by atoms with Crippen molar-refractivity contribution >= 4 is 28.9 Å². The number of rotatable bonds is 5. The fraction of sp³-hybridized carbons (Fsp3) is 0.292. The van der Waals surface area contributed by atoms with E-state index in [0.29, 0.717) is 18.2 Å². The normalized spacial score (nSPS) is 19.8. The lowest BCUT2D eigenvalue weighted by Crippen LogP contribution is -2.15. The number of Topliss-reactive ketones (excluding diaryl/α,β-unsaturated/α-hetero) is 1. The van der Waals surface area contributed by atoms with Crippen molar-refractivity contribution in [3.05, 3.63) is 59.9 Å². The molecule has 0 aliphatic heterocycles. The van der Waals surface area contributed by atoms with Gasteiger partial charge in [-0.25, -0.2) is 4.98 Å². The second-order valence-corrected chi connectivity index (χ2v) is 8.23. The van der Waals surface area contributed by atoms with Gasteiger partial charge in [-0.15, -0.1) is 0 Å². The highest BCUT2D eigenvalue weighted by molar-refractivity contribution is 6.07. The van der Waals surface area contributed by atoms with E-state index in [0.717, 1.165) is 53.2 Å². The molecule has 1 aromatic carbocycles. The summed E-state index contributed by atoms with van der Waals surface area (Å²) in [6.07, 6.45) is 4.88. The van der Waals surface area contributed by atoms with Crippen LogP contribution in [0.2, 0.25) is 0 Å². The van der Waals surface area contributed by atoms with E-state index in [-0.39, 0.29) is 21.9 Å². The van der Waals surface area contributed by atoms with Gasteiger partial charge in [0.1, 0.15) is 5.82 Å². The topological polar surface area (TPSA) is 86.9 Å². The van der Waals surface area contributed by atoms with Gasteiger partial charge in [-0.2, -0.15) is 0 Å². The molecular formula is C24H30N4O2. The average molecular weight is 407 g/mol. The molecule has 3 aromatic rings. The molecule has 0 saturated heterocycles. The Morgan fingerprint density at radius 2 is 2.00 bits per heavy atom. The van der Waals surface area contributed by atoms with Gasteiger partial charge in [-0.3, -0.25) is 9.59 Å². The van der Waals surface area contributed by atoms with E-state index in [1.807, 2.05) is 42.5 Å². The van der Waals surface area contributed by atoms with E-state index >= 15 is 0 Å². The lowest BCUT2D eigenvalue weighted by molar-refractivity contribution is -0.117. The first-order valence-electron chi connectivity index (χ1n) is 10.5. The van der Waals surface area contributed by atoms with Crippen molar-refractivity contribution in [2.75, 3.05) is 10.6 Å². The summed E-state index contributed by atoms with van der Waals surface area (Å²) in [5, 5.41) is 6.38. The number of carbonyl (C=O) groups excluding carboxylic acids is 2. The second-order valence-electron chi connectivity index (χ2n) is 8.23. The molecule has 1 saturated carbocycles. The van der Waals surface area contributed by atoms with Crippen molar-refractivity contribution in [1.82, 2.24) is 9.97 Å². The highest BCUT2D eigenvalue weighted by atomic mass is 16.2. The molecule has 30 heavy (non-hydrogen) atoms. The number of aromatic amines is 1. The summed E-state index contributed by atoms with van der Waals surface area (Å²) in [7, 11) is 0. The third-order valence-corrected chi connectivity index (χ3v) is 5.98. The van der Waals surface area contributed by atoms with E-state index < -0.39 is 0 Å². The van der Waals surface area contributed by atoms with E-state index in [9.17, 15) is 9.59 Å². The standard InChI is InChI=1S/C24H24N4O2.3H2/c1-14-12-17(14)24(30)28-20-13-15(10-11-25-20)22-23(26-16-6-3-2-4-7-16)21-18(27-22)8-5-9-19(21)29;;;/h2-4,6-7,10-11,13-14,17,26-27H,5,8-9,12H2,1H3,(H,25,28,30);3*1H. The summed E-state index contributed by atoms with van der Waals surface area (Å²) in [6, 6.07) is 13.6. The number of nitrogens with one attached hydrogen (secondary N) is 3. The van der Waals surface area contributed by atoms with Crippen LogP contribution in [0.3, 0.4) is 0 Å². The van der Waals surface area contributed by atoms with Crippen molar-refractivity contribution in [1.29, 1.82) is 0 Å². The van der Waals surface area contributed by atoms with E-state index in [4.69, 9.17) is 0 Å². The Kier molecular flexibility index (Phi) is 4.62. The number of ketones is 1. The van der Waals surface area contributed by atoms with Crippen LogP contribution in [0.1, 0.15) is 46.5 Å². The Morgan fingerprint density at radius 3 is 2.77 bits per heavy atom. The van der Waals surface area contributed by atoms with Crippen LogP contribution in [0.5, 0.6) is 0 Å². The molecule has 2 unspecified atom stereocenters. The van der Waals surface area contributed by atoms with Gasteiger partial charge in [0.25, 0.3) is 0 Å². The number of anilines is 3. The Hall–Kier alpha value is -3.41. The Morgan fingerprint density at radius 1 is 1.20 bits per heavy atom. The second kappa shape index (κ2) is 7.44. The molecule has 2 aliphatic carbocycles. The molecule has 6 heteroatoms. The maximum Gasteiger partial charge on any atom is 0.228 e. The third-order valence-electron chi connectivity index (χ3n) is 5.98. The minimum Gasteiger partial charge on any atom is -0.356 e. The summed E-state index contributed by atoms with van der Waals surface area (Å²) in [6.45, 7) is 2.08. The van der Waals surface area contributed by atoms with Crippen LogP contribution in [-0.4, -0.2) is 21.7 Å². The number of aryl methyl sites for hydroxylation is 1. The molecule has 2 atom stereocenters. The molecule has 158 valence electrons. The lowest BCUT2D eigenvalue weighted by atomic mass is 9.95. The number of benzene rings is 1. The van der Waals surface area contributed by atoms with Gasteiger partial charge in [-0.1, -0.05) is 25.1 Å². The quantitative estimate of drug-likeness (QED) is 0.509. The summed E-state index contributed by atoms with van der Waals surface area (Å²) in [5.74, 6) is 1.23. The molecule has 2 aromatic heterocycles. The SMILES string of the molecule is CC1CC1C(=O)Nc1cc(-c2[nH]c3c(c2Nc2ccccc2)C(=O)CCC3)ccn1.[HH].[HH].[HH]. The molecule has 3 N–H and O–H groups in total. The molecule has 0 spiro atoms. The third kappa shape index (κ3) is 3.49. The molecule has 6 nitrogen and oxygen atoms in total. The number of amides is 1. The smallest absolute Gasteiger partial charge is 0.228 e. The molecule has 2 aliphatic rings. The highest BCUT2D eigenvalue weighted by Crippen LogP contribution is 2.40. The number of hydrogen-bond acceptors (Lipinski definition) is 4. The molecule has 2 heterocycles. The monoisotopic (exact) mass is 406 g/mol. The van der Waals surface area contributed by atoms with Gasteiger partial charge in [0.15, 0.2) is 5.78 Å². The van der Waals surface area contributed by atoms with Gasteiger partial charge in [-0.05, 0) is 49.4 Å². The van der Waals surface area contributed by atoms with Crippen molar-refractivity contribution in [3.8, 4) is 11.3 Å². The molecule has 0 radical (unpaired) electrons. The minimum atomic E-state index is 0. The summed E-state index contributed by atoms with van der Waals surface area (Å²) in [4.78, 5) is 32.8. The number of aromatic nitrogens is 2. The molecule has 0 bridgehead atoms. The Balaban J connectivity index is 0.00000128. The van der Waals surface area contributed by atoms with Crippen molar-refractivity contribution < 1.29 is 13.9 Å². The molecule has 1 amide bonds. The highest BCUT2D eigenvalue weighted by Gasteiger charge is 2.39. The van der Waals surface area contributed by atoms with Gasteiger partial charge < -0.3 is 15.6 Å². The van der Waals surface area contributed by atoms with Crippen LogP contribution in [-0.2, 0) is 11.2 Å². The van der Waals surface area contributed by atoms with Gasteiger partial charge in [0.2, 0.25) is 5.91 Å². The van der Waals surface area contributed by atoms with Crippen molar-refractivity contribution in [3.63, 3.8) is 0 Å². The van der Waals surface area contributed by atoms with E-state index in [1.54, 1.807) is 6.20 Å². The number of para-hydroxylation sites is 1. The maximum absolute atomic E-state index is 12.7. The predicted octanol–water partition coefficient (Wildman–Crippen LogP) is 5.67. The zero-order chi connectivity index (χ0) is 20.7. The van der Waals surface area contributed by atoms with E-state index in [2.05, 4.69) is 27.5 Å². The van der Waals surface area contributed by atoms with Crippen LogP contribution >= 0.6 is 0 Å². The number of hydrogen-bond donors (Lipinski definition) is 3. The van der Waals surface area contributed by atoms with Crippen molar-refractivity contribution in [2.45, 2.75) is 32.6 Å². The summed E-state index contributed by atoms with van der Waals surface area (Å²) >= 11 is 0. The number of fused-ring (bicyclic) bond motifs is 1. The fourth-order valence-corrected chi connectivity index (χ4v) is 4.17. The Labute approximate surface area is 179 Å².